The van der Waals surface area contributed by atoms with Crippen LogP contribution in [0.2, 0.25) is 0 Å². The second-order valence-corrected chi connectivity index (χ2v) is 7.46. The van der Waals surface area contributed by atoms with Crippen molar-refractivity contribution in [3.8, 4) is 0 Å². The minimum Gasteiger partial charge on any atom is -0.385 e. The molecule has 0 aromatic carbocycles. The number of ether oxygens (including phenoxy) is 1. The summed E-state index contributed by atoms with van der Waals surface area (Å²) in [5.41, 5.74) is 0. The summed E-state index contributed by atoms with van der Waals surface area (Å²) < 4.78 is 4.89. The highest BCUT2D eigenvalue weighted by atomic mass is 32.2. The number of imide groups is 1. The Kier molecular flexibility index (Phi) is 10.5. The van der Waals surface area contributed by atoms with Gasteiger partial charge in [-0.15, -0.1) is 11.8 Å². The van der Waals surface area contributed by atoms with Crippen molar-refractivity contribution in [2.24, 2.45) is 0 Å². The Bertz CT molecular complexity index is 600. The predicted molar refractivity (Wildman–Crippen MR) is 103 cm³/mol. The summed E-state index contributed by atoms with van der Waals surface area (Å²) in [6.07, 6.45) is 0.734. The van der Waals surface area contributed by atoms with Crippen LogP contribution in [0.15, 0.2) is 0 Å². The van der Waals surface area contributed by atoms with E-state index in [1.165, 1.54) is 14.0 Å². The van der Waals surface area contributed by atoms with E-state index in [4.69, 9.17) is 4.74 Å². The van der Waals surface area contributed by atoms with Crippen LogP contribution in [0, 0.1) is 0 Å². The lowest BCUT2D eigenvalue weighted by Crippen LogP contribution is -2.47. The second-order valence-electron chi connectivity index (χ2n) is 6.22. The SMILES string of the molecule is CNC(=O)[C@H](CSC1CC(=O)N(CCC(=O)NCCCOC)C1=O)NC(C)=O. The molecule has 0 saturated carbocycles. The fraction of sp³-hybridized carbons (Fsp3) is 0.706. The summed E-state index contributed by atoms with van der Waals surface area (Å²) >= 11 is 1.14. The maximum Gasteiger partial charge on any atom is 0.243 e. The molecule has 0 bridgehead atoms. The van der Waals surface area contributed by atoms with Crippen molar-refractivity contribution in [1.82, 2.24) is 20.9 Å². The number of methoxy groups -OCH3 is 1. The van der Waals surface area contributed by atoms with Gasteiger partial charge in [0.2, 0.25) is 29.5 Å². The van der Waals surface area contributed by atoms with Crippen molar-refractivity contribution in [2.45, 2.75) is 37.5 Å². The van der Waals surface area contributed by atoms with Crippen LogP contribution in [0.3, 0.4) is 0 Å². The second kappa shape index (κ2) is 12.3. The van der Waals surface area contributed by atoms with Crippen molar-refractivity contribution in [1.29, 1.82) is 0 Å². The Labute approximate surface area is 168 Å². The van der Waals surface area contributed by atoms with Crippen molar-refractivity contribution >= 4 is 41.3 Å². The summed E-state index contributed by atoms with van der Waals surface area (Å²) in [5.74, 6) is -1.52. The van der Waals surface area contributed by atoms with Gasteiger partial charge in [-0.25, -0.2) is 0 Å². The van der Waals surface area contributed by atoms with Crippen LogP contribution in [0.4, 0.5) is 0 Å². The van der Waals surface area contributed by atoms with E-state index < -0.39 is 11.3 Å². The Morgan fingerprint density at radius 3 is 2.64 bits per heavy atom. The van der Waals surface area contributed by atoms with Crippen LogP contribution in [0.5, 0.6) is 0 Å². The average molecular weight is 417 g/mol. The van der Waals surface area contributed by atoms with Gasteiger partial charge in [0, 0.05) is 59.4 Å². The van der Waals surface area contributed by atoms with Gasteiger partial charge in [-0.2, -0.15) is 0 Å². The number of hydrogen-bond donors (Lipinski definition) is 3. The van der Waals surface area contributed by atoms with Crippen LogP contribution in [-0.4, -0.2) is 85.3 Å². The molecule has 1 saturated heterocycles. The zero-order chi connectivity index (χ0) is 21.1. The smallest absolute Gasteiger partial charge is 0.243 e. The topological polar surface area (TPSA) is 134 Å². The summed E-state index contributed by atoms with van der Waals surface area (Å²) in [4.78, 5) is 60.5. The first kappa shape index (κ1) is 23.9. The molecule has 10 nitrogen and oxygen atoms in total. The lowest BCUT2D eigenvalue weighted by Gasteiger charge is -2.18. The third-order valence-electron chi connectivity index (χ3n) is 4.02. The number of nitrogens with one attached hydrogen (secondary N) is 3. The highest BCUT2D eigenvalue weighted by molar-refractivity contribution is 8.00. The van der Waals surface area contributed by atoms with E-state index in [1.807, 2.05) is 0 Å². The summed E-state index contributed by atoms with van der Waals surface area (Å²) in [6.45, 7) is 2.33. The molecule has 1 heterocycles. The summed E-state index contributed by atoms with van der Waals surface area (Å²) in [7, 11) is 3.03. The monoisotopic (exact) mass is 416 g/mol. The Hall–Kier alpha value is -2.14. The van der Waals surface area contributed by atoms with Crippen LogP contribution >= 0.6 is 11.8 Å². The number of amides is 5. The van der Waals surface area contributed by atoms with Gasteiger partial charge in [0.25, 0.3) is 0 Å². The number of likely N-dealkylation sites (tertiary alicyclic amines) is 1. The van der Waals surface area contributed by atoms with Gasteiger partial charge in [0.05, 0.1) is 5.25 Å². The molecule has 1 unspecified atom stereocenters. The highest BCUT2D eigenvalue weighted by Crippen LogP contribution is 2.26. The van der Waals surface area contributed by atoms with E-state index in [0.29, 0.717) is 19.6 Å². The van der Waals surface area contributed by atoms with Gasteiger partial charge in [-0.3, -0.25) is 28.9 Å². The zero-order valence-electron chi connectivity index (χ0n) is 16.4. The highest BCUT2D eigenvalue weighted by Gasteiger charge is 2.39. The van der Waals surface area contributed by atoms with Crippen molar-refractivity contribution < 1.29 is 28.7 Å². The molecule has 158 valence electrons. The van der Waals surface area contributed by atoms with Gasteiger partial charge >= 0.3 is 0 Å². The molecule has 28 heavy (non-hydrogen) atoms. The summed E-state index contributed by atoms with van der Waals surface area (Å²) in [6, 6.07) is -0.790. The number of rotatable bonds is 12. The van der Waals surface area contributed by atoms with Crippen LogP contribution in [0.25, 0.3) is 0 Å². The molecule has 0 spiro atoms. The van der Waals surface area contributed by atoms with Crippen molar-refractivity contribution in [2.75, 3.05) is 39.6 Å². The Morgan fingerprint density at radius 1 is 1.32 bits per heavy atom. The molecule has 0 radical (unpaired) electrons. The first-order chi connectivity index (χ1) is 13.3. The molecule has 1 aliphatic heterocycles. The van der Waals surface area contributed by atoms with E-state index in [9.17, 15) is 24.0 Å². The van der Waals surface area contributed by atoms with Gasteiger partial charge in [-0.1, -0.05) is 0 Å². The minimum atomic E-state index is -0.790. The maximum absolute atomic E-state index is 12.4. The molecular formula is C17H28N4O6S. The number of nitrogens with zero attached hydrogens (tertiary/aromatic N) is 1. The zero-order valence-corrected chi connectivity index (χ0v) is 17.2. The first-order valence-electron chi connectivity index (χ1n) is 9.00. The third kappa shape index (κ3) is 7.85. The number of carbonyl (C=O) groups is 5. The molecule has 1 fully saturated rings. The minimum absolute atomic E-state index is 0.0134. The fourth-order valence-electron chi connectivity index (χ4n) is 2.58. The molecule has 1 rings (SSSR count). The standard InChI is InChI=1S/C17H28N4O6S/c1-11(22)20-12(16(25)18-2)10-28-13-9-15(24)21(17(13)26)7-5-14(23)19-6-4-8-27-3/h12-13H,4-10H2,1-3H3,(H,18,25)(H,19,23)(H,20,22)/t12-,13?/m0/s1. The molecule has 2 atom stereocenters. The lowest BCUT2D eigenvalue weighted by molar-refractivity contribution is -0.138. The molecule has 11 heteroatoms. The molecule has 5 amide bonds. The van der Waals surface area contributed by atoms with E-state index >= 15 is 0 Å². The average Bonchev–Trinajstić information content (AvgIpc) is 2.92. The van der Waals surface area contributed by atoms with E-state index in [1.54, 1.807) is 7.11 Å². The molecular weight excluding hydrogens is 388 g/mol. The normalized spacial score (nSPS) is 17.4. The molecule has 0 aliphatic carbocycles. The molecule has 1 aliphatic rings. The first-order valence-corrected chi connectivity index (χ1v) is 10.0. The van der Waals surface area contributed by atoms with Gasteiger partial charge in [0.1, 0.15) is 6.04 Å². The molecule has 0 aromatic rings. The van der Waals surface area contributed by atoms with Crippen LogP contribution < -0.4 is 16.0 Å². The quantitative estimate of drug-likeness (QED) is 0.264. The predicted octanol–water partition coefficient (Wildman–Crippen LogP) is -1.36. The number of carbonyl (C=O) groups excluding carboxylic acids is 5. The van der Waals surface area contributed by atoms with Gasteiger partial charge in [-0.05, 0) is 6.42 Å². The Balaban J connectivity index is 2.48. The largest absolute Gasteiger partial charge is 0.385 e. The van der Waals surface area contributed by atoms with Gasteiger partial charge in [0.15, 0.2) is 0 Å². The fourth-order valence-corrected chi connectivity index (χ4v) is 3.77. The molecule has 0 aromatic heterocycles. The van der Waals surface area contributed by atoms with Crippen molar-refractivity contribution in [3.05, 3.63) is 0 Å². The number of hydrogen-bond acceptors (Lipinski definition) is 7. The van der Waals surface area contributed by atoms with E-state index in [0.717, 1.165) is 16.7 Å². The van der Waals surface area contributed by atoms with Crippen LogP contribution in [-0.2, 0) is 28.7 Å². The third-order valence-corrected chi connectivity index (χ3v) is 5.31. The van der Waals surface area contributed by atoms with E-state index in [2.05, 4.69) is 16.0 Å². The number of likely N-dealkylation sites (N-methyl/N-ethyl adjacent to an activating group) is 1. The number of thioether (sulfide) groups is 1. The Morgan fingerprint density at radius 2 is 2.04 bits per heavy atom. The maximum atomic E-state index is 12.4. The van der Waals surface area contributed by atoms with Crippen LogP contribution in [0.1, 0.15) is 26.2 Å². The molecule has 3 N–H and O–H groups in total. The van der Waals surface area contributed by atoms with E-state index in [-0.39, 0.29) is 54.7 Å². The lowest BCUT2D eigenvalue weighted by atomic mass is 10.3. The van der Waals surface area contributed by atoms with Crippen molar-refractivity contribution in [3.63, 3.8) is 0 Å². The van der Waals surface area contributed by atoms with Gasteiger partial charge < -0.3 is 20.7 Å². The summed E-state index contributed by atoms with van der Waals surface area (Å²) in [5, 5.41) is 7.04.